The zero-order chi connectivity index (χ0) is 13.7. The van der Waals surface area contributed by atoms with E-state index in [1.54, 1.807) is 12.1 Å². The molecule has 0 unspecified atom stereocenters. The first-order valence-electron chi connectivity index (χ1n) is 5.93. The SMILES string of the molecule is C#CCCCCNc1nc2c([N+](=O)[O-])cccc2o1. The summed E-state index contributed by atoms with van der Waals surface area (Å²) in [6.07, 6.45) is 7.70. The number of nitrogens with one attached hydrogen (secondary N) is 1. The van der Waals surface area contributed by atoms with E-state index in [0.717, 1.165) is 19.3 Å². The van der Waals surface area contributed by atoms with E-state index in [1.165, 1.54) is 6.07 Å². The highest BCUT2D eigenvalue weighted by Gasteiger charge is 2.16. The number of unbranched alkanes of at least 4 members (excludes halogenated alkanes) is 2. The van der Waals surface area contributed by atoms with E-state index in [1.807, 2.05) is 0 Å². The first-order valence-corrected chi connectivity index (χ1v) is 5.93. The van der Waals surface area contributed by atoms with E-state index < -0.39 is 4.92 Å². The maximum atomic E-state index is 10.8. The molecule has 0 atom stereocenters. The van der Waals surface area contributed by atoms with Crippen molar-refractivity contribution in [3.8, 4) is 12.3 Å². The number of nitrogens with zero attached hydrogens (tertiary/aromatic N) is 2. The molecule has 0 radical (unpaired) electrons. The van der Waals surface area contributed by atoms with Gasteiger partial charge in [0.2, 0.25) is 0 Å². The highest BCUT2D eigenvalue weighted by Crippen LogP contribution is 2.27. The van der Waals surface area contributed by atoms with Crippen molar-refractivity contribution in [2.45, 2.75) is 19.3 Å². The van der Waals surface area contributed by atoms with Crippen molar-refractivity contribution in [3.63, 3.8) is 0 Å². The van der Waals surface area contributed by atoms with Gasteiger partial charge >= 0.3 is 0 Å². The van der Waals surface area contributed by atoms with Gasteiger partial charge < -0.3 is 9.73 Å². The smallest absolute Gasteiger partial charge is 0.298 e. The molecule has 0 aliphatic rings. The normalized spacial score (nSPS) is 10.3. The Kier molecular flexibility index (Phi) is 3.98. The summed E-state index contributed by atoms with van der Waals surface area (Å²) in [6.45, 7) is 0.669. The molecular weight excluding hydrogens is 246 g/mol. The van der Waals surface area contributed by atoms with Crippen molar-refractivity contribution in [1.29, 1.82) is 0 Å². The number of rotatable bonds is 6. The molecule has 19 heavy (non-hydrogen) atoms. The quantitative estimate of drug-likeness (QED) is 0.373. The van der Waals surface area contributed by atoms with Gasteiger partial charge in [-0.2, -0.15) is 4.98 Å². The molecular formula is C13H13N3O3. The number of aromatic nitrogens is 1. The molecule has 0 aliphatic heterocycles. The Labute approximate surface area is 110 Å². The standard InChI is InChI=1S/C13H13N3O3/c1-2-3-4-5-9-14-13-15-12-10(16(17)18)7-6-8-11(12)19-13/h1,6-8H,3-5,9H2,(H,14,15). The molecule has 0 saturated heterocycles. The van der Waals surface area contributed by atoms with Gasteiger partial charge in [-0.05, 0) is 18.9 Å². The Morgan fingerprint density at radius 2 is 2.32 bits per heavy atom. The van der Waals surface area contributed by atoms with E-state index in [-0.39, 0.29) is 11.2 Å². The zero-order valence-electron chi connectivity index (χ0n) is 10.3. The van der Waals surface area contributed by atoms with Crippen LogP contribution >= 0.6 is 0 Å². The third-order valence-corrected chi connectivity index (χ3v) is 2.62. The topological polar surface area (TPSA) is 81.2 Å². The molecule has 0 aliphatic carbocycles. The van der Waals surface area contributed by atoms with Gasteiger partial charge in [0.05, 0.1) is 4.92 Å². The molecule has 2 rings (SSSR count). The lowest BCUT2D eigenvalue weighted by Crippen LogP contribution is -2.01. The summed E-state index contributed by atoms with van der Waals surface area (Å²) in [5.41, 5.74) is 0.612. The van der Waals surface area contributed by atoms with Crippen LogP contribution in [-0.4, -0.2) is 16.5 Å². The molecule has 1 N–H and O–H groups in total. The fourth-order valence-electron chi connectivity index (χ4n) is 1.70. The molecule has 1 heterocycles. The number of benzene rings is 1. The summed E-state index contributed by atoms with van der Waals surface area (Å²) < 4.78 is 5.40. The fourth-order valence-corrected chi connectivity index (χ4v) is 1.70. The van der Waals surface area contributed by atoms with E-state index in [9.17, 15) is 10.1 Å². The van der Waals surface area contributed by atoms with Gasteiger partial charge in [-0.15, -0.1) is 12.3 Å². The highest BCUT2D eigenvalue weighted by atomic mass is 16.6. The lowest BCUT2D eigenvalue weighted by atomic mass is 10.2. The molecule has 98 valence electrons. The Morgan fingerprint density at radius 1 is 1.47 bits per heavy atom. The minimum Gasteiger partial charge on any atom is -0.423 e. The van der Waals surface area contributed by atoms with Crippen LogP contribution < -0.4 is 5.32 Å². The predicted octanol–water partition coefficient (Wildman–Crippen LogP) is 2.95. The van der Waals surface area contributed by atoms with Crippen LogP contribution in [0.15, 0.2) is 22.6 Å². The molecule has 6 nitrogen and oxygen atoms in total. The summed E-state index contributed by atoms with van der Waals surface area (Å²) in [6, 6.07) is 4.92. The Morgan fingerprint density at radius 3 is 3.05 bits per heavy atom. The van der Waals surface area contributed by atoms with Crippen LogP contribution in [-0.2, 0) is 0 Å². The van der Waals surface area contributed by atoms with E-state index in [4.69, 9.17) is 10.8 Å². The Bertz CT molecular complexity index is 628. The van der Waals surface area contributed by atoms with Crippen LogP contribution in [0.4, 0.5) is 11.7 Å². The van der Waals surface area contributed by atoms with E-state index >= 15 is 0 Å². The monoisotopic (exact) mass is 259 g/mol. The molecule has 0 spiro atoms. The van der Waals surface area contributed by atoms with Crippen LogP contribution in [0.5, 0.6) is 0 Å². The van der Waals surface area contributed by atoms with Crippen LogP contribution in [0.3, 0.4) is 0 Å². The lowest BCUT2D eigenvalue weighted by molar-refractivity contribution is -0.383. The third kappa shape index (κ3) is 3.01. The second-order valence-corrected chi connectivity index (χ2v) is 3.99. The van der Waals surface area contributed by atoms with Gasteiger partial charge in [0.25, 0.3) is 11.7 Å². The van der Waals surface area contributed by atoms with Gasteiger partial charge in [-0.25, -0.2) is 0 Å². The first kappa shape index (κ1) is 12.9. The number of terminal acetylenes is 1. The minimum atomic E-state index is -0.471. The van der Waals surface area contributed by atoms with Crippen molar-refractivity contribution in [3.05, 3.63) is 28.3 Å². The number of hydrogen-bond acceptors (Lipinski definition) is 5. The van der Waals surface area contributed by atoms with Gasteiger partial charge in [-0.1, -0.05) is 6.07 Å². The summed E-state index contributed by atoms with van der Waals surface area (Å²) in [7, 11) is 0. The Balaban J connectivity index is 2.07. The van der Waals surface area contributed by atoms with Gasteiger partial charge in [-0.3, -0.25) is 10.1 Å². The van der Waals surface area contributed by atoms with Gasteiger partial charge in [0, 0.05) is 19.0 Å². The molecule has 0 bridgehead atoms. The second-order valence-electron chi connectivity index (χ2n) is 3.99. The number of fused-ring (bicyclic) bond motifs is 1. The molecule has 6 heteroatoms. The van der Waals surface area contributed by atoms with Crippen molar-refractivity contribution < 1.29 is 9.34 Å². The highest BCUT2D eigenvalue weighted by molar-refractivity contribution is 5.83. The maximum Gasteiger partial charge on any atom is 0.298 e. The largest absolute Gasteiger partial charge is 0.423 e. The summed E-state index contributed by atoms with van der Waals surface area (Å²) in [5, 5.41) is 13.8. The number of nitro groups is 1. The van der Waals surface area contributed by atoms with Crippen LogP contribution in [0.1, 0.15) is 19.3 Å². The number of non-ortho nitro benzene ring substituents is 1. The molecule has 0 fully saturated rings. The molecule has 0 amide bonds. The molecule has 1 aromatic carbocycles. The van der Waals surface area contributed by atoms with Crippen LogP contribution in [0.25, 0.3) is 11.1 Å². The van der Waals surface area contributed by atoms with Crippen molar-refractivity contribution in [1.82, 2.24) is 4.98 Å². The predicted molar refractivity (Wildman–Crippen MR) is 71.8 cm³/mol. The van der Waals surface area contributed by atoms with Gasteiger partial charge in [0.1, 0.15) is 0 Å². The molecule has 1 aromatic heterocycles. The Hall–Kier alpha value is -2.55. The van der Waals surface area contributed by atoms with E-state index in [2.05, 4.69) is 16.2 Å². The number of hydrogen-bond donors (Lipinski definition) is 1. The third-order valence-electron chi connectivity index (χ3n) is 2.62. The fraction of sp³-hybridized carbons (Fsp3) is 0.308. The summed E-state index contributed by atoms with van der Waals surface area (Å²) in [4.78, 5) is 14.5. The summed E-state index contributed by atoms with van der Waals surface area (Å²) >= 11 is 0. The van der Waals surface area contributed by atoms with Crippen LogP contribution in [0.2, 0.25) is 0 Å². The maximum absolute atomic E-state index is 10.8. The molecule has 2 aromatic rings. The zero-order valence-corrected chi connectivity index (χ0v) is 10.3. The number of para-hydroxylation sites is 1. The van der Waals surface area contributed by atoms with Crippen molar-refractivity contribution in [2.75, 3.05) is 11.9 Å². The lowest BCUT2D eigenvalue weighted by Gasteiger charge is -1.98. The van der Waals surface area contributed by atoms with Crippen molar-refractivity contribution >= 4 is 22.8 Å². The second kappa shape index (κ2) is 5.87. The average Bonchev–Trinajstić information content (AvgIpc) is 2.80. The summed E-state index contributed by atoms with van der Waals surface area (Å²) in [5.74, 6) is 2.57. The van der Waals surface area contributed by atoms with E-state index in [0.29, 0.717) is 18.1 Å². The van der Waals surface area contributed by atoms with Crippen LogP contribution in [0, 0.1) is 22.5 Å². The average molecular weight is 259 g/mol. The van der Waals surface area contributed by atoms with Gasteiger partial charge in [0.15, 0.2) is 11.1 Å². The van der Waals surface area contributed by atoms with Crippen molar-refractivity contribution in [2.24, 2.45) is 0 Å². The number of anilines is 1. The minimum absolute atomic E-state index is 0.0540. The number of oxazole rings is 1. The first-order chi connectivity index (χ1) is 9.22. The molecule has 0 saturated carbocycles. The number of nitro benzene ring substituents is 1.